The van der Waals surface area contributed by atoms with Gasteiger partial charge in [0.2, 0.25) is 0 Å². The fourth-order valence-electron chi connectivity index (χ4n) is 2.32. The Morgan fingerprint density at radius 1 is 1.19 bits per heavy atom. The SMILES string of the molecule is CCNC(C)c1ccc(-c2ccc(OC)c(F)c2)cc1Cl. The molecular formula is C17H19ClFNO. The highest BCUT2D eigenvalue weighted by Gasteiger charge is 2.11. The van der Waals surface area contributed by atoms with E-state index in [9.17, 15) is 4.39 Å². The van der Waals surface area contributed by atoms with E-state index in [4.69, 9.17) is 16.3 Å². The summed E-state index contributed by atoms with van der Waals surface area (Å²) in [4.78, 5) is 0. The van der Waals surface area contributed by atoms with Crippen molar-refractivity contribution in [1.82, 2.24) is 5.32 Å². The molecular weight excluding hydrogens is 289 g/mol. The first-order chi connectivity index (χ1) is 10.1. The predicted molar refractivity (Wildman–Crippen MR) is 85.5 cm³/mol. The summed E-state index contributed by atoms with van der Waals surface area (Å²) >= 11 is 6.35. The topological polar surface area (TPSA) is 21.3 Å². The zero-order chi connectivity index (χ0) is 15.4. The van der Waals surface area contributed by atoms with E-state index < -0.39 is 0 Å². The van der Waals surface area contributed by atoms with Gasteiger partial charge in [0.05, 0.1) is 7.11 Å². The van der Waals surface area contributed by atoms with Gasteiger partial charge < -0.3 is 10.1 Å². The number of ether oxygens (including phenoxy) is 1. The van der Waals surface area contributed by atoms with Gasteiger partial charge in [0.15, 0.2) is 11.6 Å². The highest BCUT2D eigenvalue weighted by molar-refractivity contribution is 6.31. The molecule has 0 saturated carbocycles. The van der Waals surface area contributed by atoms with Crippen molar-refractivity contribution >= 4 is 11.6 Å². The molecule has 0 bridgehead atoms. The number of hydrogen-bond donors (Lipinski definition) is 1. The molecule has 2 aromatic rings. The van der Waals surface area contributed by atoms with E-state index in [1.54, 1.807) is 6.07 Å². The van der Waals surface area contributed by atoms with E-state index in [1.807, 2.05) is 24.3 Å². The minimum atomic E-state index is -0.379. The lowest BCUT2D eigenvalue weighted by atomic mass is 10.0. The van der Waals surface area contributed by atoms with Crippen LogP contribution in [-0.2, 0) is 0 Å². The lowest BCUT2D eigenvalue weighted by Crippen LogP contribution is -2.17. The molecule has 0 aliphatic heterocycles. The maximum atomic E-state index is 13.8. The van der Waals surface area contributed by atoms with Crippen molar-refractivity contribution in [2.45, 2.75) is 19.9 Å². The maximum Gasteiger partial charge on any atom is 0.165 e. The van der Waals surface area contributed by atoms with Crippen molar-refractivity contribution in [3.63, 3.8) is 0 Å². The highest BCUT2D eigenvalue weighted by Crippen LogP contribution is 2.31. The van der Waals surface area contributed by atoms with Crippen LogP contribution in [0.5, 0.6) is 5.75 Å². The summed E-state index contributed by atoms with van der Waals surface area (Å²) in [6.45, 7) is 5.00. The minimum Gasteiger partial charge on any atom is -0.494 e. The molecule has 0 aromatic heterocycles. The molecule has 21 heavy (non-hydrogen) atoms. The van der Waals surface area contributed by atoms with Crippen LogP contribution in [0.15, 0.2) is 36.4 Å². The third kappa shape index (κ3) is 3.55. The summed E-state index contributed by atoms with van der Waals surface area (Å²) in [5.41, 5.74) is 2.70. The normalized spacial score (nSPS) is 12.2. The number of halogens is 2. The van der Waals surface area contributed by atoms with Gasteiger partial charge in [-0.25, -0.2) is 4.39 Å². The number of methoxy groups -OCH3 is 1. The molecule has 1 atom stereocenters. The second-order valence-corrected chi connectivity index (χ2v) is 5.27. The molecule has 2 rings (SSSR count). The van der Waals surface area contributed by atoms with Crippen LogP contribution in [0.25, 0.3) is 11.1 Å². The van der Waals surface area contributed by atoms with Crippen LogP contribution in [0, 0.1) is 5.82 Å². The number of hydrogen-bond acceptors (Lipinski definition) is 2. The lowest BCUT2D eigenvalue weighted by Gasteiger charge is -2.15. The van der Waals surface area contributed by atoms with Crippen molar-refractivity contribution in [3.05, 3.63) is 52.8 Å². The number of nitrogens with one attached hydrogen (secondary N) is 1. The van der Waals surface area contributed by atoms with Gasteiger partial charge in [-0.3, -0.25) is 0 Å². The third-order valence-corrected chi connectivity index (χ3v) is 3.79. The summed E-state index contributed by atoms with van der Waals surface area (Å²) in [5, 5.41) is 4.00. The fraction of sp³-hybridized carbons (Fsp3) is 0.294. The van der Waals surface area contributed by atoms with Crippen LogP contribution in [0.3, 0.4) is 0 Å². The van der Waals surface area contributed by atoms with Gasteiger partial charge in [-0.15, -0.1) is 0 Å². The van der Waals surface area contributed by atoms with Gasteiger partial charge in [-0.2, -0.15) is 0 Å². The Balaban J connectivity index is 2.33. The number of benzene rings is 2. The minimum absolute atomic E-state index is 0.184. The summed E-state index contributed by atoms with van der Waals surface area (Å²) < 4.78 is 18.7. The van der Waals surface area contributed by atoms with Crippen LogP contribution in [0.4, 0.5) is 4.39 Å². The van der Waals surface area contributed by atoms with Crippen molar-refractivity contribution < 1.29 is 9.13 Å². The molecule has 0 fully saturated rings. The Hall–Kier alpha value is -1.58. The first kappa shape index (κ1) is 15.8. The molecule has 4 heteroatoms. The first-order valence-corrected chi connectivity index (χ1v) is 7.31. The van der Waals surface area contributed by atoms with Crippen LogP contribution >= 0.6 is 11.6 Å². The molecule has 2 aromatic carbocycles. The molecule has 0 heterocycles. The Labute approximate surface area is 129 Å². The summed E-state index contributed by atoms with van der Waals surface area (Å²) in [7, 11) is 1.45. The standard InChI is InChI=1S/C17H19ClFNO/c1-4-20-11(2)14-7-5-12(9-15(14)18)13-6-8-17(21-3)16(19)10-13/h5-11,20H,4H2,1-3H3. The number of rotatable bonds is 5. The van der Waals surface area contributed by atoms with Gasteiger partial charge in [-0.1, -0.05) is 36.7 Å². The van der Waals surface area contributed by atoms with E-state index in [-0.39, 0.29) is 17.6 Å². The van der Waals surface area contributed by atoms with Gasteiger partial charge in [0.25, 0.3) is 0 Å². The van der Waals surface area contributed by atoms with E-state index in [0.717, 1.165) is 23.2 Å². The Morgan fingerprint density at radius 2 is 1.86 bits per heavy atom. The van der Waals surface area contributed by atoms with Crippen molar-refractivity contribution in [2.24, 2.45) is 0 Å². The van der Waals surface area contributed by atoms with E-state index in [1.165, 1.54) is 13.2 Å². The zero-order valence-electron chi connectivity index (χ0n) is 12.4. The fourth-order valence-corrected chi connectivity index (χ4v) is 2.66. The Bertz CT molecular complexity index is 630. The monoisotopic (exact) mass is 307 g/mol. The molecule has 0 saturated heterocycles. The van der Waals surface area contributed by atoms with E-state index >= 15 is 0 Å². The quantitative estimate of drug-likeness (QED) is 0.854. The predicted octanol–water partition coefficient (Wildman–Crippen LogP) is 4.83. The van der Waals surface area contributed by atoms with Gasteiger partial charge in [-0.05, 0) is 48.4 Å². The first-order valence-electron chi connectivity index (χ1n) is 6.93. The van der Waals surface area contributed by atoms with Gasteiger partial charge in [0, 0.05) is 11.1 Å². The second-order valence-electron chi connectivity index (χ2n) is 4.86. The molecule has 0 spiro atoms. The zero-order valence-corrected chi connectivity index (χ0v) is 13.2. The smallest absolute Gasteiger partial charge is 0.165 e. The molecule has 0 radical (unpaired) electrons. The van der Waals surface area contributed by atoms with E-state index in [0.29, 0.717) is 5.02 Å². The Morgan fingerprint density at radius 3 is 2.43 bits per heavy atom. The van der Waals surface area contributed by atoms with Crippen LogP contribution in [-0.4, -0.2) is 13.7 Å². The van der Waals surface area contributed by atoms with Gasteiger partial charge in [0.1, 0.15) is 0 Å². The summed E-state index contributed by atoms with van der Waals surface area (Å²) in [5.74, 6) is -0.140. The third-order valence-electron chi connectivity index (χ3n) is 3.46. The molecule has 1 unspecified atom stereocenters. The van der Waals surface area contributed by atoms with Crippen LogP contribution in [0.2, 0.25) is 5.02 Å². The van der Waals surface area contributed by atoms with Crippen LogP contribution < -0.4 is 10.1 Å². The van der Waals surface area contributed by atoms with Crippen LogP contribution in [0.1, 0.15) is 25.5 Å². The summed E-state index contributed by atoms with van der Waals surface area (Å²) in [6, 6.07) is 10.9. The molecule has 0 aliphatic carbocycles. The Kier molecular flexibility index (Phi) is 5.21. The molecule has 1 N–H and O–H groups in total. The molecule has 0 aliphatic rings. The molecule has 112 valence electrons. The van der Waals surface area contributed by atoms with Crippen molar-refractivity contribution in [2.75, 3.05) is 13.7 Å². The summed E-state index contributed by atoms with van der Waals surface area (Å²) in [6.07, 6.45) is 0. The maximum absolute atomic E-state index is 13.8. The molecule has 0 amide bonds. The van der Waals surface area contributed by atoms with Crippen molar-refractivity contribution in [3.8, 4) is 16.9 Å². The second kappa shape index (κ2) is 6.92. The molecule has 2 nitrogen and oxygen atoms in total. The van der Waals surface area contributed by atoms with E-state index in [2.05, 4.69) is 19.2 Å². The van der Waals surface area contributed by atoms with Gasteiger partial charge >= 0.3 is 0 Å². The lowest BCUT2D eigenvalue weighted by molar-refractivity contribution is 0.386. The average molecular weight is 308 g/mol. The highest BCUT2D eigenvalue weighted by atomic mass is 35.5. The largest absolute Gasteiger partial charge is 0.494 e. The average Bonchev–Trinajstić information content (AvgIpc) is 2.47. The van der Waals surface area contributed by atoms with Crippen molar-refractivity contribution in [1.29, 1.82) is 0 Å².